The van der Waals surface area contributed by atoms with Gasteiger partial charge in [0.2, 0.25) is 0 Å². The predicted octanol–water partition coefficient (Wildman–Crippen LogP) is 1.90. The molecule has 0 atom stereocenters. The third kappa shape index (κ3) is 1.52. The van der Waals surface area contributed by atoms with Gasteiger partial charge in [-0.15, -0.1) is 0 Å². The largest absolute Gasteiger partial charge is 0.418 e. The first-order valence-corrected chi connectivity index (χ1v) is 4.38. The number of hydrogen-bond donors (Lipinski definition) is 1. The van der Waals surface area contributed by atoms with E-state index in [-0.39, 0.29) is 11.2 Å². The molecule has 0 bridgehead atoms. The molecule has 0 saturated carbocycles. The van der Waals surface area contributed by atoms with Gasteiger partial charge >= 0.3 is 6.18 Å². The van der Waals surface area contributed by atoms with E-state index in [0.29, 0.717) is 0 Å². The molecule has 2 aromatic rings. The fraction of sp³-hybridized carbons (Fsp3) is 0.100. The fourth-order valence-corrected chi connectivity index (χ4v) is 1.54. The third-order valence-corrected chi connectivity index (χ3v) is 2.22. The number of halogens is 3. The summed E-state index contributed by atoms with van der Waals surface area (Å²) >= 11 is 0. The van der Waals surface area contributed by atoms with Gasteiger partial charge in [0.25, 0.3) is 5.56 Å². The van der Waals surface area contributed by atoms with Crippen molar-refractivity contribution in [2.75, 3.05) is 5.73 Å². The smallest absolute Gasteiger partial charge is 0.397 e. The Morgan fingerprint density at radius 3 is 2.50 bits per heavy atom. The second-order valence-corrected chi connectivity index (χ2v) is 3.27. The normalized spacial score (nSPS) is 11.9. The van der Waals surface area contributed by atoms with Crippen LogP contribution in [0, 0.1) is 0 Å². The second kappa shape index (κ2) is 3.26. The Hall–Kier alpha value is -1.98. The van der Waals surface area contributed by atoms with Crippen LogP contribution in [0.25, 0.3) is 5.52 Å². The summed E-state index contributed by atoms with van der Waals surface area (Å²) < 4.78 is 38.9. The Morgan fingerprint density at radius 2 is 1.88 bits per heavy atom. The number of fused-ring (bicyclic) bond motifs is 1. The molecule has 0 spiro atoms. The maximum absolute atomic E-state index is 12.7. The van der Waals surface area contributed by atoms with Crippen molar-refractivity contribution >= 4 is 11.2 Å². The van der Waals surface area contributed by atoms with Crippen molar-refractivity contribution in [1.29, 1.82) is 0 Å². The van der Waals surface area contributed by atoms with Gasteiger partial charge in [0, 0.05) is 12.3 Å². The Bertz CT molecular complexity index is 601. The summed E-state index contributed by atoms with van der Waals surface area (Å²) in [6.07, 6.45) is -3.28. The number of hydrogen-bond acceptors (Lipinski definition) is 2. The van der Waals surface area contributed by atoms with E-state index in [1.807, 2.05) is 0 Å². The molecule has 0 aliphatic heterocycles. The summed E-state index contributed by atoms with van der Waals surface area (Å²) in [7, 11) is 0. The number of pyridine rings is 2. The lowest BCUT2D eigenvalue weighted by atomic mass is 10.1. The van der Waals surface area contributed by atoms with Crippen molar-refractivity contribution in [2.24, 2.45) is 0 Å². The highest BCUT2D eigenvalue weighted by atomic mass is 19.4. The van der Waals surface area contributed by atoms with E-state index in [1.54, 1.807) is 0 Å². The van der Waals surface area contributed by atoms with Gasteiger partial charge in [0.15, 0.2) is 0 Å². The van der Waals surface area contributed by atoms with E-state index in [9.17, 15) is 18.0 Å². The SMILES string of the molecule is Nc1ccc(=O)n2cccc(C(F)(F)F)c12. The van der Waals surface area contributed by atoms with E-state index < -0.39 is 17.3 Å². The highest BCUT2D eigenvalue weighted by Crippen LogP contribution is 2.33. The van der Waals surface area contributed by atoms with Crippen LogP contribution in [0.5, 0.6) is 0 Å². The van der Waals surface area contributed by atoms with Gasteiger partial charge in [0.1, 0.15) is 0 Å². The zero-order valence-electron chi connectivity index (χ0n) is 7.95. The van der Waals surface area contributed by atoms with E-state index in [4.69, 9.17) is 5.73 Å². The van der Waals surface area contributed by atoms with E-state index in [0.717, 1.165) is 22.6 Å². The molecule has 0 amide bonds. The van der Waals surface area contributed by atoms with Gasteiger partial charge in [-0.1, -0.05) is 0 Å². The molecule has 2 heterocycles. The lowest BCUT2D eigenvalue weighted by Crippen LogP contribution is -2.17. The van der Waals surface area contributed by atoms with Crippen LogP contribution in [0.2, 0.25) is 0 Å². The number of anilines is 1. The van der Waals surface area contributed by atoms with Crippen LogP contribution in [0.1, 0.15) is 5.56 Å². The van der Waals surface area contributed by atoms with Crippen LogP contribution in [-0.4, -0.2) is 4.40 Å². The highest BCUT2D eigenvalue weighted by Gasteiger charge is 2.33. The van der Waals surface area contributed by atoms with Gasteiger partial charge in [-0.2, -0.15) is 13.2 Å². The van der Waals surface area contributed by atoms with Crippen LogP contribution in [0.4, 0.5) is 18.9 Å². The van der Waals surface area contributed by atoms with Crippen molar-refractivity contribution in [2.45, 2.75) is 6.18 Å². The Kier molecular flexibility index (Phi) is 2.15. The number of rotatable bonds is 0. The molecule has 2 rings (SSSR count). The molecule has 0 unspecified atom stereocenters. The van der Waals surface area contributed by atoms with E-state index in [2.05, 4.69) is 0 Å². The monoisotopic (exact) mass is 228 g/mol. The minimum atomic E-state index is -4.53. The molecule has 0 aromatic carbocycles. The number of aromatic nitrogens is 1. The topological polar surface area (TPSA) is 47.5 Å². The van der Waals surface area contributed by atoms with Gasteiger partial charge in [-0.3, -0.25) is 9.20 Å². The summed E-state index contributed by atoms with van der Waals surface area (Å²) in [5.74, 6) is 0. The summed E-state index contributed by atoms with van der Waals surface area (Å²) in [6.45, 7) is 0. The predicted molar refractivity (Wildman–Crippen MR) is 53.1 cm³/mol. The standard InChI is InChI=1S/C10H7F3N2O/c11-10(12,13)6-2-1-5-15-8(16)4-3-7(14)9(6)15/h1-5H,14H2. The highest BCUT2D eigenvalue weighted by molar-refractivity contribution is 5.73. The van der Waals surface area contributed by atoms with Crippen molar-refractivity contribution in [1.82, 2.24) is 4.40 Å². The fourth-order valence-electron chi connectivity index (χ4n) is 1.54. The summed E-state index contributed by atoms with van der Waals surface area (Å²) in [5, 5.41) is 0. The molecule has 84 valence electrons. The van der Waals surface area contributed by atoms with Gasteiger partial charge in [0.05, 0.1) is 16.8 Å². The molecule has 0 saturated heterocycles. The van der Waals surface area contributed by atoms with Crippen molar-refractivity contribution in [3.05, 3.63) is 46.4 Å². The average molecular weight is 228 g/mol. The van der Waals surface area contributed by atoms with Crippen LogP contribution in [0.3, 0.4) is 0 Å². The molecule has 0 aliphatic carbocycles. The van der Waals surface area contributed by atoms with Crippen LogP contribution >= 0.6 is 0 Å². The molecular weight excluding hydrogens is 221 g/mol. The number of nitrogens with zero attached hydrogens (tertiary/aromatic N) is 1. The molecular formula is C10H7F3N2O. The van der Waals surface area contributed by atoms with Gasteiger partial charge in [-0.05, 0) is 18.2 Å². The molecule has 16 heavy (non-hydrogen) atoms. The second-order valence-electron chi connectivity index (χ2n) is 3.27. The molecule has 6 heteroatoms. The number of nitrogen functional groups attached to an aromatic ring is 1. The average Bonchev–Trinajstić information content (AvgIpc) is 2.22. The summed E-state index contributed by atoms with van der Waals surface area (Å²) in [4.78, 5) is 11.4. The molecule has 2 aromatic heterocycles. The molecule has 0 aliphatic rings. The third-order valence-electron chi connectivity index (χ3n) is 2.22. The minimum absolute atomic E-state index is 0.0764. The van der Waals surface area contributed by atoms with E-state index >= 15 is 0 Å². The number of nitrogens with two attached hydrogens (primary N) is 1. The zero-order valence-corrected chi connectivity index (χ0v) is 7.95. The van der Waals surface area contributed by atoms with Crippen LogP contribution < -0.4 is 11.3 Å². The minimum Gasteiger partial charge on any atom is -0.397 e. The Morgan fingerprint density at radius 1 is 1.19 bits per heavy atom. The Labute approximate surface area is 87.9 Å². The maximum atomic E-state index is 12.7. The first-order chi connectivity index (χ1) is 7.41. The summed E-state index contributed by atoms with van der Waals surface area (Å²) in [5.41, 5.74) is 3.63. The first kappa shape index (κ1) is 10.5. The van der Waals surface area contributed by atoms with Crippen LogP contribution in [0.15, 0.2) is 35.3 Å². The molecule has 3 nitrogen and oxygen atoms in total. The van der Waals surface area contributed by atoms with E-state index in [1.165, 1.54) is 12.3 Å². The maximum Gasteiger partial charge on any atom is 0.418 e. The quantitative estimate of drug-likeness (QED) is 0.748. The van der Waals surface area contributed by atoms with Crippen molar-refractivity contribution in [3.8, 4) is 0 Å². The van der Waals surface area contributed by atoms with Gasteiger partial charge in [-0.25, -0.2) is 0 Å². The summed E-state index contributed by atoms with van der Waals surface area (Å²) in [6, 6.07) is 4.36. The van der Waals surface area contributed by atoms with Crippen molar-refractivity contribution < 1.29 is 13.2 Å². The first-order valence-electron chi connectivity index (χ1n) is 4.38. The Balaban J connectivity index is 2.98. The molecule has 0 radical (unpaired) electrons. The lowest BCUT2D eigenvalue weighted by molar-refractivity contribution is -0.136. The lowest BCUT2D eigenvalue weighted by Gasteiger charge is -2.12. The zero-order chi connectivity index (χ0) is 11.9. The van der Waals surface area contributed by atoms with Gasteiger partial charge < -0.3 is 5.73 Å². The number of alkyl halides is 3. The van der Waals surface area contributed by atoms with Crippen LogP contribution in [-0.2, 0) is 6.18 Å². The molecule has 0 fully saturated rings. The molecule has 2 N–H and O–H groups in total. The van der Waals surface area contributed by atoms with Crippen molar-refractivity contribution in [3.63, 3.8) is 0 Å².